The fourth-order valence-electron chi connectivity index (χ4n) is 5.36. The minimum absolute atomic E-state index is 0.0508. The third-order valence-electron chi connectivity index (χ3n) is 8.02. The van der Waals surface area contributed by atoms with Crippen LogP contribution >= 0.6 is 11.6 Å². The highest BCUT2D eigenvalue weighted by molar-refractivity contribution is 7.85. The number of rotatable bonds is 11. The Bertz CT molecular complexity index is 2060. The van der Waals surface area contributed by atoms with E-state index in [9.17, 15) is 26.4 Å². The van der Waals surface area contributed by atoms with Crippen LogP contribution in [0.4, 0.5) is 13.2 Å². The lowest BCUT2D eigenvalue weighted by molar-refractivity contribution is -0.274. The Morgan fingerprint density at radius 1 is 0.920 bits per heavy atom. The molecule has 1 atom stereocenters. The summed E-state index contributed by atoms with van der Waals surface area (Å²) >= 11 is 6.49. The number of aromatic nitrogens is 1. The van der Waals surface area contributed by atoms with Gasteiger partial charge in [0.1, 0.15) is 5.75 Å². The molecule has 1 heterocycles. The molecular weight excluding hydrogens is 693 g/mol. The van der Waals surface area contributed by atoms with Gasteiger partial charge in [0.25, 0.3) is 16.0 Å². The zero-order valence-electron chi connectivity index (χ0n) is 27.3. The summed E-state index contributed by atoms with van der Waals surface area (Å²) in [6, 6.07) is 27.7. The maximum Gasteiger partial charge on any atom is 0.573 e. The van der Waals surface area contributed by atoms with Crippen LogP contribution in [0, 0.1) is 0 Å². The van der Waals surface area contributed by atoms with Crippen LogP contribution < -0.4 is 10.1 Å². The Morgan fingerprint density at radius 3 is 2.16 bits per heavy atom. The largest absolute Gasteiger partial charge is 0.573 e. The van der Waals surface area contributed by atoms with Crippen molar-refractivity contribution in [2.75, 3.05) is 12.3 Å². The average molecular weight is 727 g/mol. The van der Waals surface area contributed by atoms with Gasteiger partial charge in [-0.25, -0.2) is 0 Å². The van der Waals surface area contributed by atoms with Gasteiger partial charge >= 0.3 is 6.36 Å². The third kappa shape index (κ3) is 9.74. The molecule has 50 heavy (non-hydrogen) atoms. The standard InChI is InChI=1S/C37H34ClF3N2O6S/c1-36(2,3)28-13-8-25(9-14-28)31(20-23-4-6-26(7-5-23)35(44)42-18-19-50(45,46)47)33-22-34(49-43-33)27-12-17-32(38)30(21-27)24-10-15-29(16-11-24)48-37(39,40)41/h4-17,21-22,31H,18-20H2,1-3H3,(H,42,44)(H,45,46,47). The van der Waals surface area contributed by atoms with Crippen LogP contribution in [0.3, 0.4) is 0 Å². The number of nitrogens with one attached hydrogen (secondary N) is 1. The van der Waals surface area contributed by atoms with Gasteiger partial charge in [-0.15, -0.1) is 13.2 Å². The van der Waals surface area contributed by atoms with Gasteiger partial charge in [0, 0.05) is 40.2 Å². The van der Waals surface area contributed by atoms with Crippen molar-refractivity contribution in [3.8, 4) is 28.2 Å². The van der Waals surface area contributed by atoms with Crippen molar-refractivity contribution in [2.24, 2.45) is 0 Å². The first-order chi connectivity index (χ1) is 23.4. The van der Waals surface area contributed by atoms with Gasteiger partial charge < -0.3 is 14.6 Å². The fourth-order valence-corrected chi connectivity index (χ4v) is 5.94. The van der Waals surface area contributed by atoms with Crippen LogP contribution in [0.2, 0.25) is 5.02 Å². The molecule has 0 aliphatic rings. The predicted octanol–water partition coefficient (Wildman–Crippen LogP) is 8.85. The number of hydrogen-bond donors (Lipinski definition) is 2. The molecule has 0 saturated heterocycles. The number of carbonyl (C=O) groups is 1. The topological polar surface area (TPSA) is 119 Å². The Kier molecular flexibility index (Phi) is 10.8. The number of ether oxygens (including phenoxy) is 1. The van der Waals surface area contributed by atoms with Gasteiger partial charge in [-0.2, -0.15) is 8.42 Å². The molecule has 0 radical (unpaired) electrons. The number of benzene rings is 4. The smallest absolute Gasteiger partial charge is 0.406 e. The number of halogens is 4. The van der Waals surface area contributed by atoms with Gasteiger partial charge in [-0.05, 0) is 76.6 Å². The molecule has 0 bridgehead atoms. The zero-order valence-corrected chi connectivity index (χ0v) is 28.9. The van der Waals surface area contributed by atoms with Crippen molar-refractivity contribution in [1.29, 1.82) is 0 Å². The van der Waals surface area contributed by atoms with Crippen LogP contribution in [0.1, 0.15) is 59.4 Å². The number of hydrogen-bond acceptors (Lipinski definition) is 6. The van der Waals surface area contributed by atoms with Crippen molar-refractivity contribution >= 4 is 27.6 Å². The molecule has 262 valence electrons. The van der Waals surface area contributed by atoms with E-state index in [0.717, 1.165) is 16.7 Å². The molecule has 0 saturated carbocycles. The summed E-state index contributed by atoms with van der Waals surface area (Å²) in [6.07, 6.45) is -4.30. The lowest BCUT2D eigenvalue weighted by Gasteiger charge is -2.21. The lowest BCUT2D eigenvalue weighted by atomic mass is 9.83. The second kappa shape index (κ2) is 14.7. The van der Waals surface area contributed by atoms with Gasteiger partial charge in [0.2, 0.25) is 0 Å². The number of carbonyl (C=O) groups excluding carboxylic acids is 1. The maximum absolute atomic E-state index is 12.6. The van der Waals surface area contributed by atoms with E-state index in [-0.39, 0.29) is 23.6 Å². The summed E-state index contributed by atoms with van der Waals surface area (Å²) in [5.41, 5.74) is 5.81. The molecule has 4 aromatic carbocycles. The molecule has 0 aliphatic carbocycles. The van der Waals surface area contributed by atoms with E-state index in [1.54, 1.807) is 30.3 Å². The summed E-state index contributed by atoms with van der Waals surface area (Å²) < 4.78 is 78.6. The van der Waals surface area contributed by atoms with Crippen molar-refractivity contribution in [3.63, 3.8) is 0 Å². The maximum atomic E-state index is 12.6. The van der Waals surface area contributed by atoms with Gasteiger partial charge in [-0.3, -0.25) is 9.35 Å². The quantitative estimate of drug-likeness (QED) is 0.131. The van der Waals surface area contributed by atoms with Crippen molar-refractivity contribution in [2.45, 2.75) is 44.9 Å². The normalized spacial score (nSPS) is 12.8. The Labute approximate surface area is 293 Å². The van der Waals surface area contributed by atoms with E-state index in [2.05, 4.69) is 60.2 Å². The van der Waals surface area contributed by atoms with E-state index >= 15 is 0 Å². The molecule has 0 fully saturated rings. The monoisotopic (exact) mass is 726 g/mol. The molecule has 1 unspecified atom stereocenters. The van der Waals surface area contributed by atoms with E-state index in [0.29, 0.717) is 45.2 Å². The van der Waals surface area contributed by atoms with E-state index in [1.165, 1.54) is 24.3 Å². The number of amides is 1. The zero-order chi connectivity index (χ0) is 36.3. The van der Waals surface area contributed by atoms with E-state index in [1.807, 2.05) is 18.2 Å². The van der Waals surface area contributed by atoms with Crippen LogP contribution in [-0.2, 0) is 22.0 Å². The van der Waals surface area contributed by atoms with Gasteiger partial charge in [-0.1, -0.05) is 86.1 Å². The van der Waals surface area contributed by atoms with Crippen LogP contribution in [0.5, 0.6) is 5.75 Å². The van der Waals surface area contributed by atoms with Crippen molar-refractivity contribution in [3.05, 3.63) is 130 Å². The Balaban J connectivity index is 1.42. The van der Waals surface area contributed by atoms with Crippen LogP contribution in [-0.4, -0.2) is 42.7 Å². The molecule has 1 amide bonds. The van der Waals surface area contributed by atoms with Crippen LogP contribution in [0.25, 0.3) is 22.5 Å². The molecule has 8 nitrogen and oxygen atoms in total. The summed E-state index contributed by atoms with van der Waals surface area (Å²) in [6.45, 7) is 6.18. The van der Waals surface area contributed by atoms with Crippen molar-refractivity contribution in [1.82, 2.24) is 10.5 Å². The third-order valence-corrected chi connectivity index (χ3v) is 9.07. The highest BCUT2D eigenvalue weighted by Gasteiger charge is 2.31. The second-order valence-corrected chi connectivity index (χ2v) is 14.7. The molecule has 0 aliphatic heterocycles. The number of alkyl halides is 3. The van der Waals surface area contributed by atoms with Gasteiger partial charge in [0.05, 0.1) is 11.4 Å². The summed E-state index contributed by atoms with van der Waals surface area (Å²) in [7, 11) is -4.20. The first-order valence-corrected chi connectivity index (χ1v) is 17.5. The SMILES string of the molecule is CC(C)(C)c1ccc(C(Cc2ccc(C(=O)NCCS(=O)(=O)O)cc2)c2cc(-c3ccc(Cl)c(-c4ccc(OC(F)(F)F)cc4)c3)on2)cc1. The number of nitrogens with zero attached hydrogens (tertiary/aromatic N) is 1. The van der Waals surface area contributed by atoms with E-state index < -0.39 is 28.1 Å². The molecule has 5 aromatic rings. The first-order valence-electron chi connectivity index (χ1n) is 15.5. The molecule has 2 N–H and O–H groups in total. The Hall–Kier alpha value is -4.65. The molecule has 1 aromatic heterocycles. The predicted molar refractivity (Wildman–Crippen MR) is 185 cm³/mol. The summed E-state index contributed by atoms with van der Waals surface area (Å²) in [4.78, 5) is 12.5. The average Bonchev–Trinajstić information content (AvgIpc) is 3.53. The summed E-state index contributed by atoms with van der Waals surface area (Å²) in [5, 5.41) is 7.31. The molecule has 0 spiro atoms. The molecule has 13 heteroatoms. The van der Waals surface area contributed by atoms with Crippen molar-refractivity contribution < 1.29 is 40.2 Å². The lowest BCUT2D eigenvalue weighted by Crippen LogP contribution is -2.28. The molecular formula is C37H34ClF3N2O6S. The highest BCUT2D eigenvalue weighted by Crippen LogP contribution is 2.37. The summed E-state index contributed by atoms with van der Waals surface area (Å²) in [5.74, 6) is -1.18. The van der Waals surface area contributed by atoms with Gasteiger partial charge in [0.15, 0.2) is 5.76 Å². The molecule has 5 rings (SSSR count). The fraction of sp³-hybridized carbons (Fsp3) is 0.243. The minimum Gasteiger partial charge on any atom is -0.406 e. The first kappa shape index (κ1) is 36.6. The van der Waals surface area contributed by atoms with Crippen LogP contribution in [0.15, 0.2) is 102 Å². The second-order valence-electron chi connectivity index (χ2n) is 12.8. The minimum atomic E-state index is -4.80. The van der Waals surface area contributed by atoms with E-state index in [4.69, 9.17) is 20.7 Å². The Morgan fingerprint density at radius 2 is 1.56 bits per heavy atom. The highest BCUT2D eigenvalue weighted by atomic mass is 35.5.